The number of hydrogen-bond donors (Lipinski definition) is 2. The van der Waals surface area contributed by atoms with E-state index < -0.39 is 0 Å². The zero-order valence-corrected chi connectivity index (χ0v) is 11.0. The number of likely N-dealkylation sites (N-methyl/N-ethyl adjacent to an activating group) is 1. The second kappa shape index (κ2) is 6.59. The van der Waals surface area contributed by atoms with Crippen molar-refractivity contribution in [3.05, 3.63) is 0 Å². The molecule has 1 atom stereocenters. The average Bonchev–Trinajstić information content (AvgIpc) is 2.58. The van der Waals surface area contributed by atoms with Crippen molar-refractivity contribution < 1.29 is 9.59 Å². The maximum atomic E-state index is 11.6. The van der Waals surface area contributed by atoms with Crippen LogP contribution in [0.15, 0.2) is 0 Å². The lowest BCUT2D eigenvalue weighted by Crippen LogP contribution is -2.39. The minimum absolute atomic E-state index is 0.0463. The summed E-state index contributed by atoms with van der Waals surface area (Å²) >= 11 is 0. The Hall–Kier alpha value is -1.10. The summed E-state index contributed by atoms with van der Waals surface area (Å²) in [4.78, 5) is 24.7. The number of rotatable bonds is 6. The van der Waals surface area contributed by atoms with Crippen LogP contribution in [0.4, 0.5) is 0 Å². The molecular formula is C12H23N3O2. The van der Waals surface area contributed by atoms with Crippen molar-refractivity contribution in [2.24, 2.45) is 5.92 Å². The van der Waals surface area contributed by atoms with Crippen molar-refractivity contribution in [3.8, 4) is 0 Å². The van der Waals surface area contributed by atoms with Gasteiger partial charge in [0.1, 0.15) is 0 Å². The SMILES string of the molecule is CC(C)CNC(=O)CCNC1CCN(C)C1=O. The molecule has 0 spiro atoms. The van der Waals surface area contributed by atoms with Crippen LogP contribution in [0.5, 0.6) is 0 Å². The molecule has 2 N–H and O–H groups in total. The van der Waals surface area contributed by atoms with Gasteiger partial charge in [0.25, 0.3) is 0 Å². The van der Waals surface area contributed by atoms with Gasteiger partial charge in [-0.2, -0.15) is 0 Å². The van der Waals surface area contributed by atoms with E-state index in [0.717, 1.165) is 13.0 Å². The highest BCUT2D eigenvalue weighted by atomic mass is 16.2. The van der Waals surface area contributed by atoms with E-state index in [9.17, 15) is 9.59 Å². The quantitative estimate of drug-likeness (QED) is 0.686. The van der Waals surface area contributed by atoms with Gasteiger partial charge >= 0.3 is 0 Å². The third-order valence-corrected chi connectivity index (χ3v) is 2.88. The molecule has 1 saturated heterocycles. The van der Waals surface area contributed by atoms with Crippen molar-refractivity contribution in [2.75, 3.05) is 26.7 Å². The van der Waals surface area contributed by atoms with Gasteiger partial charge in [-0.15, -0.1) is 0 Å². The summed E-state index contributed by atoms with van der Waals surface area (Å²) in [6, 6.07) is -0.0992. The molecule has 5 nitrogen and oxygen atoms in total. The first kappa shape index (κ1) is 14.0. The highest BCUT2D eigenvalue weighted by molar-refractivity contribution is 5.83. The summed E-state index contributed by atoms with van der Waals surface area (Å²) in [5, 5.41) is 5.98. The number of likely N-dealkylation sites (tertiary alicyclic amines) is 1. The molecule has 1 aliphatic heterocycles. The highest BCUT2D eigenvalue weighted by Crippen LogP contribution is 2.07. The second-order valence-electron chi connectivity index (χ2n) is 5.00. The second-order valence-corrected chi connectivity index (χ2v) is 5.00. The van der Waals surface area contributed by atoms with E-state index in [1.807, 2.05) is 0 Å². The van der Waals surface area contributed by atoms with E-state index >= 15 is 0 Å². The van der Waals surface area contributed by atoms with Gasteiger partial charge in [0.2, 0.25) is 11.8 Å². The molecule has 0 aliphatic carbocycles. The lowest BCUT2D eigenvalue weighted by molar-refractivity contribution is -0.128. The summed E-state index contributed by atoms with van der Waals surface area (Å²) in [7, 11) is 1.80. The molecule has 17 heavy (non-hydrogen) atoms. The molecule has 1 fully saturated rings. The van der Waals surface area contributed by atoms with Crippen molar-refractivity contribution in [1.29, 1.82) is 0 Å². The average molecular weight is 241 g/mol. The van der Waals surface area contributed by atoms with Crippen molar-refractivity contribution in [3.63, 3.8) is 0 Å². The Labute approximate surface area is 103 Å². The molecule has 0 radical (unpaired) electrons. The Kier molecular flexibility index (Phi) is 5.41. The molecule has 2 amide bonds. The first-order valence-corrected chi connectivity index (χ1v) is 6.25. The normalized spacial score (nSPS) is 20.1. The maximum Gasteiger partial charge on any atom is 0.239 e. The molecule has 1 rings (SSSR count). The molecule has 0 aromatic heterocycles. The van der Waals surface area contributed by atoms with Crippen LogP contribution >= 0.6 is 0 Å². The molecule has 98 valence electrons. The summed E-state index contributed by atoms with van der Waals surface area (Å²) in [5.41, 5.74) is 0. The largest absolute Gasteiger partial charge is 0.356 e. The van der Waals surface area contributed by atoms with Crippen LogP contribution in [0.2, 0.25) is 0 Å². The smallest absolute Gasteiger partial charge is 0.239 e. The molecule has 1 aliphatic rings. The Morgan fingerprint density at radius 1 is 1.53 bits per heavy atom. The summed E-state index contributed by atoms with van der Waals surface area (Å²) in [6.07, 6.45) is 1.27. The van der Waals surface area contributed by atoms with Crippen molar-refractivity contribution in [1.82, 2.24) is 15.5 Å². The third kappa shape index (κ3) is 4.73. The molecule has 0 aromatic carbocycles. The van der Waals surface area contributed by atoms with E-state index in [0.29, 0.717) is 25.4 Å². The summed E-state index contributed by atoms with van der Waals surface area (Å²) in [5.74, 6) is 0.648. The van der Waals surface area contributed by atoms with Crippen LogP contribution in [-0.4, -0.2) is 49.4 Å². The monoisotopic (exact) mass is 241 g/mol. The van der Waals surface area contributed by atoms with Gasteiger partial charge in [0, 0.05) is 33.1 Å². The van der Waals surface area contributed by atoms with Gasteiger partial charge in [-0.25, -0.2) is 0 Å². The van der Waals surface area contributed by atoms with Crippen LogP contribution < -0.4 is 10.6 Å². The molecule has 0 aromatic rings. The van der Waals surface area contributed by atoms with Crippen LogP contribution in [0.25, 0.3) is 0 Å². The minimum Gasteiger partial charge on any atom is -0.356 e. The predicted octanol–water partition coefficient (Wildman–Crippen LogP) is -0.0310. The van der Waals surface area contributed by atoms with Gasteiger partial charge in [-0.3, -0.25) is 9.59 Å². The lowest BCUT2D eigenvalue weighted by atomic mass is 10.2. The van der Waals surface area contributed by atoms with Crippen molar-refractivity contribution >= 4 is 11.8 Å². The number of nitrogens with one attached hydrogen (secondary N) is 2. The first-order valence-electron chi connectivity index (χ1n) is 6.25. The standard InChI is InChI=1S/C12H23N3O2/c1-9(2)8-14-11(16)4-6-13-10-5-7-15(3)12(10)17/h9-10,13H,4-8H2,1-3H3,(H,14,16). The summed E-state index contributed by atoms with van der Waals surface area (Å²) < 4.78 is 0. The van der Waals surface area contributed by atoms with Crippen LogP contribution in [-0.2, 0) is 9.59 Å². The van der Waals surface area contributed by atoms with Crippen molar-refractivity contribution in [2.45, 2.75) is 32.7 Å². The fourth-order valence-corrected chi connectivity index (χ4v) is 1.78. The number of nitrogens with zero attached hydrogens (tertiary/aromatic N) is 1. The molecule has 0 saturated carbocycles. The van der Waals surface area contributed by atoms with E-state index in [-0.39, 0.29) is 17.9 Å². The number of amides is 2. The fraction of sp³-hybridized carbons (Fsp3) is 0.833. The maximum absolute atomic E-state index is 11.6. The molecule has 0 bridgehead atoms. The van der Waals surface area contributed by atoms with Gasteiger partial charge in [-0.1, -0.05) is 13.8 Å². The zero-order valence-electron chi connectivity index (χ0n) is 11.0. The van der Waals surface area contributed by atoms with E-state index in [2.05, 4.69) is 24.5 Å². The predicted molar refractivity (Wildman–Crippen MR) is 66.5 cm³/mol. The van der Waals surface area contributed by atoms with Crippen LogP contribution in [0, 0.1) is 5.92 Å². The lowest BCUT2D eigenvalue weighted by Gasteiger charge is -2.12. The molecule has 1 unspecified atom stereocenters. The summed E-state index contributed by atoms with van der Waals surface area (Å²) in [6.45, 7) is 6.20. The molecule has 1 heterocycles. The van der Waals surface area contributed by atoms with E-state index in [4.69, 9.17) is 0 Å². The van der Waals surface area contributed by atoms with E-state index in [1.165, 1.54) is 0 Å². The number of carbonyl (C=O) groups excluding carboxylic acids is 2. The van der Waals surface area contributed by atoms with Gasteiger partial charge in [-0.05, 0) is 12.3 Å². The Balaban J connectivity index is 2.11. The Bertz CT molecular complexity index is 279. The number of carbonyl (C=O) groups is 2. The minimum atomic E-state index is -0.0992. The topological polar surface area (TPSA) is 61.4 Å². The van der Waals surface area contributed by atoms with Gasteiger partial charge in [0.05, 0.1) is 6.04 Å². The van der Waals surface area contributed by atoms with Crippen LogP contribution in [0.1, 0.15) is 26.7 Å². The number of hydrogen-bond acceptors (Lipinski definition) is 3. The molecule has 5 heteroatoms. The third-order valence-electron chi connectivity index (χ3n) is 2.88. The Morgan fingerprint density at radius 2 is 2.24 bits per heavy atom. The molecular weight excluding hydrogens is 218 g/mol. The fourth-order valence-electron chi connectivity index (χ4n) is 1.78. The van der Waals surface area contributed by atoms with Gasteiger partial charge < -0.3 is 15.5 Å². The zero-order chi connectivity index (χ0) is 12.8. The van der Waals surface area contributed by atoms with E-state index in [1.54, 1.807) is 11.9 Å². The first-order chi connectivity index (χ1) is 8.00. The Morgan fingerprint density at radius 3 is 2.76 bits per heavy atom. The highest BCUT2D eigenvalue weighted by Gasteiger charge is 2.28. The van der Waals surface area contributed by atoms with Gasteiger partial charge in [0.15, 0.2) is 0 Å². The van der Waals surface area contributed by atoms with Crippen LogP contribution in [0.3, 0.4) is 0 Å².